The Labute approximate surface area is 119 Å². The van der Waals surface area contributed by atoms with Crippen molar-refractivity contribution in [2.75, 3.05) is 11.1 Å². The van der Waals surface area contributed by atoms with Crippen molar-refractivity contribution in [3.63, 3.8) is 0 Å². The van der Waals surface area contributed by atoms with Crippen LogP contribution in [0, 0.1) is 23.4 Å². The minimum atomic E-state index is -1.44. The fourth-order valence-electron chi connectivity index (χ4n) is 2.75. The zero-order valence-corrected chi connectivity index (χ0v) is 11.7. The lowest BCUT2D eigenvalue weighted by molar-refractivity contribution is 0.336. The van der Waals surface area contributed by atoms with E-state index in [9.17, 15) is 13.2 Å². The lowest BCUT2D eigenvalue weighted by atomic mass is 9.86. The van der Waals surface area contributed by atoms with Crippen molar-refractivity contribution in [1.82, 2.24) is 0 Å². The topological polar surface area (TPSA) is 24.4 Å². The molecule has 1 aliphatic heterocycles. The Kier molecular flexibility index (Phi) is 3.92. The summed E-state index contributed by atoms with van der Waals surface area (Å²) in [5.74, 6) is -2.24. The normalized spacial score (nSPS) is 25.9. The standard InChI is InChI=1S/C14H15F3N2S/c15-10-5-9(6-11(16)13(10)17)18-14-19-12-4-2-1-3-8(12)7-20-14/h5-6,8,12H,1-4,7H2,(H,18,19). The average molecular weight is 300 g/mol. The molecule has 1 aromatic carbocycles. The molecule has 0 saturated heterocycles. The van der Waals surface area contributed by atoms with Crippen LogP contribution in [0.15, 0.2) is 17.1 Å². The van der Waals surface area contributed by atoms with E-state index in [4.69, 9.17) is 0 Å². The predicted octanol–water partition coefficient (Wildman–Crippen LogP) is 4.18. The number of amidine groups is 1. The lowest BCUT2D eigenvalue weighted by Crippen LogP contribution is -2.31. The molecule has 1 heterocycles. The first-order valence-electron chi connectivity index (χ1n) is 6.75. The van der Waals surface area contributed by atoms with Gasteiger partial charge in [0.2, 0.25) is 0 Å². The molecule has 1 fully saturated rings. The van der Waals surface area contributed by atoms with Crippen molar-refractivity contribution in [3.05, 3.63) is 29.6 Å². The summed E-state index contributed by atoms with van der Waals surface area (Å²) in [6.07, 6.45) is 4.72. The Bertz CT molecular complexity index is 524. The molecular weight excluding hydrogens is 285 g/mol. The minimum Gasteiger partial charge on any atom is -0.335 e. The van der Waals surface area contributed by atoms with E-state index >= 15 is 0 Å². The third-order valence-corrected chi connectivity index (χ3v) is 4.90. The number of hydrogen-bond donors (Lipinski definition) is 1. The van der Waals surface area contributed by atoms with Crippen LogP contribution < -0.4 is 5.32 Å². The maximum atomic E-state index is 13.2. The number of halogens is 3. The zero-order valence-electron chi connectivity index (χ0n) is 10.8. The van der Waals surface area contributed by atoms with Crippen LogP contribution in [0.2, 0.25) is 0 Å². The second-order valence-electron chi connectivity index (χ2n) is 5.24. The van der Waals surface area contributed by atoms with Crippen molar-refractivity contribution in [2.45, 2.75) is 31.7 Å². The summed E-state index contributed by atoms with van der Waals surface area (Å²) < 4.78 is 39.2. The molecule has 0 amide bonds. The van der Waals surface area contributed by atoms with Crippen LogP contribution in [0.5, 0.6) is 0 Å². The number of nitrogens with zero attached hydrogens (tertiary/aromatic N) is 1. The number of hydrogen-bond acceptors (Lipinski definition) is 3. The van der Waals surface area contributed by atoms with Gasteiger partial charge in [0.25, 0.3) is 0 Å². The SMILES string of the molecule is Fc1cc(NC2=NC3CCCCC3CS2)cc(F)c1F. The van der Waals surface area contributed by atoms with Gasteiger partial charge in [0, 0.05) is 23.6 Å². The maximum absolute atomic E-state index is 13.2. The van der Waals surface area contributed by atoms with Gasteiger partial charge in [0.15, 0.2) is 22.6 Å². The fourth-order valence-corrected chi connectivity index (χ4v) is 3.91. The van der Waals surface area contributed by atoms with Crippen molar-refractivity contribution in [2.24, 2.45) is 10.9 Å². The van der Waals surface area contributed by atoms with Gasteiger partial charge in [-0.2, -0.15) is 0 Å². The summed E-state index contributed by atoms with van der Waals surface area (Å²) >= 11 is 1.56. The van der Waals surface area contributed by atoms with Crippen molar-refractivity contribution in [3.8, 4) is 0 Å². The molecule has 2 atom stereocenters. The number of thioether (sulfide) groups is 1. The first-order valence-corrected chi connectivity index (χ1v) is 7.74. The number of fused-ring (bicyclic) bond motifs is 1. The van der Waals surface area contributed by atoms with E-state index in [-0.39, 0.29) is 5.69 Å². The molecule has 0 aromatic heterocycles. The summed E-state index contributed by atoms with van der Waals surface area (Å²) in [6, 6.07) is 2.21. The molecule has 1 aliphatic carbocycles. The van der Waals surface area contributed by atoms with Gasteiger partial charge in [-0.3, -0.25) is 4.99 Å². The second-order valence-corrected chi connectivity index (χ2v) is 6.24. The van der Waals surface area contributed by atoms with Crippen LogP contribution in [0.25, 0.3) is 0 Å². The Balaban J connectivity index is 1.76. The zero-order chi connectivity index (χ0) is 14.1. The predicted molar refractivity (Wildman–Crippen MR) is 75.6 cm³/mol. The number of benzene rings is 1. The largest absolute Gasteiger partial charge is 0.335 e. The van der Waals surface area contributed by atoms with Crippen molar-refractivity contribution < 1.29 is 13.2 Å². The lowest BCUT2D eigenvalue weighted by Gasteiger charge is -2.32. The average Bonchev–Trinajstić information content (AvgIpc) is 2.44. The van der Waals surface area contributed by atoms with Gasteiger partial charge in [-0.25, -0.2) is 13.2 Å². The first-order chi connectivity index (χ1) is 9.63. The Morgan fingerprint density at radius 3 is 2.55 bits per heavy atom. The molecule has 0 radical (unpaired) electrons. The van der Waals surface area contributed by atoms with E-state index in [2.05, 4.69) is 10.3 Å². The molecule has 6 heteroatoms. The number of anilines is 1. The summed E-state index contributed by atoms with van der Waals surface area (Å²) in [7, 11) is 0. The highest BCUT2D eigenvalue weighted by Gasteiger charge is 2.29. The quantitative estimate of drug-likeness (QED) is 0.787. The van der Waals surface area contributed by atoms with E-state index in [1.165, 1.54) is 19.3 Å². The van der Waals surface area contributed by atoms with Gasteiger partial charge >= 0.3 is 0 Å². The Hall–Kier alpha value is -1.17. The molecule has 20 heavy (non-hydrogen) atoms. The van der Waals surface area contributed by atoms with Crippen LogP contribution in [-0.4, -0.2) is 17.0 Å². The highest BCUT2D eigenvalue weighted by Crippen LogP contribution is 2.34. The van der Waals surface area contributed by atoms with Gasteiger partial charge in [-0.1, -0.05) is 24.6 Å². The number of aliphatic imine (C=N–C) groups is 1. The third-order valence-electron chi connectivity index (χ3n) is 3.82. The van der Waals surface area contributed by atoms with E-state index in [1.807, 2.05) is 0 Å². The molecule has 1 aromatic rings. The van der Waals surface area contributed by atoms with Gasteiger partial charge in [0.05, 0.1) is 6.04 Å². The number of rotatable bonds is 1. The second kappa shape index (κ2) is 5.68. The molecule has 2 nitrogen and oxygen atoms in total. The van der Waals surface area contributed by atoms with E-state index in [1.54, 1.807) is 11.8 Å². The summed E-state index contributed by atoms with van der Waals surface area (Å²) in [4.78, 5) is 4.61. The van der Waals surface area contributed by atoms with Crippen LogP contribution in [0.1, 0.15) is 25.7 Å². The van der Waals surface area contributed by atoms with Crippen LogP contribution in [-0.2, 0) is 0 Å². The third kappa shape index (κ3) is 2.80. The molecule has 2 aliphatic rings. The first kappa shape index (κ1) is 13.8. The molecule has 1 N–H and O–H groups in total. The minimum absolute atomic E-state index is 0.196. The number of nitrogens with one attached hydrogen (secondary N) is 1. The summed E-state index contributed by atoms with van der Waals surface area (Å²) in [6.45, 7) is 0. The van der Waals surface area contributed by atoms with E-state index < -0.39 is 17.5 Å². The highest BCUT2D eigenvalue weighted by atomic mass is 32.2. The maximum Gasteiger partial charge on any atom is 0.194 e. The smallest absolute Gasteiger partial charge is 0.194 e. The molecule has 0 spiro atoms. The van der Waals surface area contributed by atoms with E-state index in [0.717, 1.165) is 24.3 Å². The highest BCUT2D eigenvalue weighted by molar-refractivity contribution is 8.14. The van der Waals surface area contributed by atoms with Gasteiger partial charge in [-0.05, 0) is 18.8 Å². The van der Waals surface area contributed by atoms with E-state index in [0.29, 0.717) is 17.1 Å². The van der Waals surface area contributed by atoms with Gasteiger partial charge in [0.1, 0.15) is 0 Å². The Morgan fingerprint density at radius 2 is 1.80 bits per heavy atom. The monoisotopic (exact) mass is 300 g/mol. The fraction of sp³-hybridized carbons (Fsp3) is 0.500. The van der Waals surface area contributed by atoms with Crippen LogP contribution in [0.4, 0.5) is 18.9 Å². The molecule has 1 saturated carbocycles. The van der Waals surface area contributed by atoms with Gasteiger partial charge < -0.3 is 5.32 Å². The molecule has 0 bridgehead atoms. The molecule has 108 valence electrons. The molecular formula is C14H15F3N2S. The molecule has 2 unspecified atom stereocenters. The Morgan fingerprint density at radius 1 is 1.10 bits per heavy atom. The van der Waals surface area contributed by atoms with Crippen LogP contribution >= 0.6 is 11.8 Å². The van der Waals surface area contributed by atoms with Gasteiger partial charge in [-0.15, -0.1) is 0 Å². The van der Waals surface area contributed by atoms with Crippen LogP contribution in [0.3, 0.4) is 0 Å². The summed E-state index contributed by atoms with van der Waals surface area (Å²) in [5, 5.41) is 3.55. The van der Waals surface area contributed by atoms with Crippen molar-refractivity contribution >= 4 is 22.6 Å². The van der Waals surface area contributed by atoms with Crippen molar-refractivity contribution in [1.29, 1.82) is 0 Å². The molecule has 3 rings (SSSR count). The summed E-state index contributed by atoms with van der Waals surface area (Å²) in [5.41, 5.74) is 0.196.